The number of aliphatic hydroxyl groups is 1. The molecule has 0 aliphatic rings. The second kappa shape index (κ2) is 10.3. The van der Waals surface area contributed by atoms with Crippen LogP contribution in [0.15, 0.2) is 66.7 Å². The molecule has 3 aromatic rings. The summed E-state index contributed by atoms with van der Waals surface area (Å²) in [4.78, 5) is 0. The van der Waals surface area contributed by atoms with Gasteiger partial charge in [0.1, 0.15) is 22.8 Å². The van der Waals surface area contributed by atoms with Gasteiger partial charge in [0.2, 0.25) is 0 Å². The van der Waals surface area contributed by atoms with E-state index in [1.54, 1.807) is 21.3 Å². The van der Waals surface area contributed by atoms with Crippen LogP contribution in [-0.2, 0) is 12.0 Å². The molecule has 0 saturated carbocycles. The number of hydrogen-bond acceptors (Lipinski definition) is 5. The second-order valence-corrected chi connectivity index (χ2v) is 7.40. The van der Waals surface area contributed by atoms with E-state index in [2.05, 4.69) is 5.32 Å². The minimum Gasteiger partial charge on any atom is -0.497 e. The summed E-state index contributed by atoms with van der Waals surface area (Å²) in [5, 5.41) is 15.4. The van der Waals surface area contributed by atoms with E-state index >= 15 is 0 Å². The smallest absolute Gasteiger partial charge is 0.140 e. The summed E-state index contributed by atoms with van der Waals surface area (Å²) in [5.41, 5.74) is 2.01. The first-order valence-corrected chi connectivity index (χ1v) is 10.4. The third kappa shape index (κ3) is 4.84. The van der Waals surface area contributed by atoms with Crippen LogP contribution < -0.4 is 19.5 Å². The highest BCUT2D eigenvalue weighted by molar-refractivity contribution is 5.52. The molecule has 0 saturated heterocycles. The van der Waals surface area contributed by atoms with E-state index < -0.39 is 5.60 Å². The van der Waals surface area contributed by atoms with E-state index in [0.717, 1.165) is 58.9 Å². The van der Waals surface area contributed by atoms with Gasteiger partial charge in [0.15, 0.2) is 0 Å². The highest BCUT2D eigenvalue weighted by Gasteiger charge is 2.34. The molecule has 0 aliphatic carbocycles. The maximum Gasteiger partial charge on any atom is 0.140 e. The van der Waals surface area contributed by atoms with Crippen LogP contribution in [0, 0.1) is 0 Å². The second-order valence-electron chi connectivity index (χ2n) is 7.40. The van der Waals surface area contributed by atoms with Crippen molar-refractivity contribution in [3.05, 3.63) is 89.0 Å². The number of rotatable bonds is 10. The highest BCUT2D eigenvalue weighted by atomic mass is 16.5. The van der Waals surface area contributed by atoms with E-state index in [-0.39, 0.29) is 0 Å². The van der Waals surface area contributed by atoms with E-state index in [4.69, 9.17) is 14.2 Å². The lowest BCUT2D eigenvalue weighted by molar-refractivity contribution is 0.125. The van der Waals surface area contributed by atoms with Crippen molar-refractivity contribution in [1.29, 1.82) is 0 Å². The lowest BCUT2D eigenvalue weighted by atomic mass is 9.79. The topological polar surface area (TPSA) is 60.0 Å². The average molecular weight is 422 g/mol. The molecule has 5 heteroatoms. The SMILES string of the molecule is CNCCCc1cc(C(O)(c2ccc(OC)cc2)c2ccc(OC)cc2)ccc1OC. The molecule has 0 aliphatic heterocycles. The molecule has 164 valence electrons. The lowest BCUT2D eigenvalue weighted by Gasteiger charge is -2.31. The number of nitrogens with one attached hydrogen (secondary N) is 1. The van der Waals surface area contributed by atoms with Crippen LogP contribution in [0.25, 0.3) is 0 Å². The quantitative estimate of drug-likeness (QED) is 0.380. The zero-order valence-electron chi connectivity index (χ0n) is 18.6. The monoisotopic (exact) mass is 421 g/mol. The minimum absolute atomic E-state index is 0.739. The van der Waals surface area contributed by atoms with Crippen LogP contribution >= 0.6 is 0 Å². The molecule has 0 bridgehead atoms. The fourth-order valence-corrected chi connectivity index (χ4v) is 3.82. The van der Waals surface area contributed by atoms with Crippen LogP contribution in [-0.4, -0.2) is 40.0 Å². The fraction of sp³-hybridized carbons (Fsp3) is 0.308. The summed E-state index contributed by atoms with van der Waals surface area (Å²) >= 11 is 0. The van der Waals surface area contributed by atoms with Gasteiger partial charge in [0, 0.05) is 0 Å². The third-order valence-electron chi connectivity index (χ3n) is 5.59. The number of aryl methyl sites for hydroxylation is 1. The van der Waals surface area contributed by atoms with Gasteiger partial charge < -0.3 is 24.6 Å². The molecule has 0 unspecified atom stereocenters. The van der Waals surface area contributed by atoms with Crippen molar-refractivity contribution in [2.24, 2.45) is 0 Å². The molecule has 0 amide bonds. The molecular weight excluding hydrogens is 390 g/mol. The zero-order chi connectivity index (χ0) is 22.3. The minimum atomic E-state index is -1.34. The number of benzene rings is 3. The summed E-state index contributed by atoms with van der Waals surface area (Å²) in [6, 6.07) is 20.9. The largest absolute Gasteiger partial charge is 0.497 e. The maximum atomic E-state index is 12.2. The summed E-state index contributed by atoms with van der Waals surface area (Å²) in [6.07, 6.45) is 1.82. The van der Waals surface area contributed by atoms with Crippen LogP contribution in [0.3, 0.4) is 0 Å². The Hall–Kier alpha value is -3.02. The molecule has 2 N–H and O–H groups in total. The average Bonchev–Trinajstić information content (AvgIpc) is 2.83. The van der Waals surface area contributed by atoms with E-state index in [1.165, 1.54) is 0 Å². The van der Waals surface area contributed by atoms with Crippen molar-refractivity contribution in [3.8, 4) is 17.2 Å². The Kier molecular flexibility index (Phi) is 7.55. The van der Waals surface area contributed by atoms with Gasteiger partial charge in [-0.2, -0.15) is 0 Å². The highest BCUT2D eigenvalue weighted by Crippen LogP contribution is 2.39. The molecule has 3 aromatic carbocycles. The number of methoxy groups -OCH3 is 3. The van der Waals surface area contributed by atoms with Gasteiger partial charge in [-0.05, 0) is 85.1 Å². The van der Waals surface area contributed by atoms with Crippen molar-refractivity contribution in [1.82, 2.24) is 5.32 Å². The lowest BCUT2D eigenvalue weighted by Crippen LogP contribution is -2.29. The standard InChI is InChI=1S/C26H31NO4/c1-27-17-5-6-19-18-22(11-16-25(19)31-4)26(28,20-7-12-23(29-2)13-8-20)21-9-14-24(30-3)15-10-21/h7-16,18,27-28H,5-6,17H2,1-4H3. The number of ether oxygens (including phenoxy) is 3. The van der Waals surface area contributed by atoms with Gasteiger partial charge in [0.25, 0.3) is 0 Å². The Bertz CT molecular complexity index is 920. The van der Waals surface area contributed by atoms with Gasteiger partial charge in [-0.1, -0.05) is 30.3 Å². The Morgan fingerprint density at radius 2 is 1.26 bits per heavy atom. The summed E-state index contributed by atoms with van der Waals surface area (Å²) in [6.45, 7) is 0.911. The van der Waals surface area contributed by atoms with Crippen molar-refractivity contribution in [2.75, 3.05) is 34.9 Å². The molecule has 5 nitrogen and oxygen atoms in total. The summed E-state index contributed by atoms with van der Waals surface area (Å²) in [5.74, 6) is 2.30. The predicted octanol–water partition coefficient (Wildman–Crippen LogP) is 4.15. The van der Waals surface area contributed by atoms with Crippen molar-refractivity contribution >= 4 is 0 Å². The molecule has 0 heterocycles. The van der Waals surface area contributed by atoms with E-state index in [0.29, 0.717) is 0 Å². The first-order chi connectivity index (χ1) is 15.1. The third-order valence-corrected chi connectivity index (χ3v) is 5.59. The summed E-state index contributed by atoms with van der Waals surface area (Å²) < 4.78 is 16.2. The van der Waals surface area contributed by atoms with Gasteiger partial charge in [-0.3, -0.25) is 0 Å². The summed E-state index contributed by atoms with van der Waals surface area (Å²) in [7, 11) is 6.88. The zero-order valence-corrected chi connectivity index (χ0v) is 18.6. The molecule has 0 fully saturated rings. The van der Waals surface area contributed by atoms with Gasteiger partial charge in [-0.25, -0.2) is 0 Å². The maximum absolute atomic E-state index is 12.2. The van der Waals surface area contributed by atoms with Crippen LogP contribution in [0.2, 0.25) is 0 Å². The Morgan fingerprint density at radius 3 is 1.71 bits per heavy atom. The molecular formula is C26H31NO4. The van der Waals surface area contributed by atoms with E-state index in [9.17, 15) is 5.11 Å². The number of hydrogen-bond donors (Lipinski definition) is 2. The van der Waals surface area contributed by atoms with Crippen LogP contribution in [0.5, 0.6) is 17.2 Å². The van der Waals surface area contributed by atoms with Gasteiger partial charge in [0.05, 0.1) is 21.3 Å². The Morgan fingerprint density at radius 1 is 0.742 bits per heavy atom. The first kappa shape index (κ1) is 22.7. The Labute approximate surface area is 184 Å². The van der Waals surface area contributed by atoms with Gasteiger partial charge >= 0.3 is 0 Å². The first-order valence-electron chi connectivity index (χ1n) is 10.4. The predicted molar refractivity (Wildman–Crippen MR) is 123 cm³/mol. The molecule has 3 rings (SSSR count). The Balaban J connectivity index is 2.14. The van der Waals surface area contributed by atoms with Crippen LogP contribution in [0.4, 0.5) is 0 Å². The normalized spacial score (nSPS) is 11.3. The van der Waals surface area contributed by atoms with E-state index in [1.807, 2.05) is 73.8 Å². The molecule has 0 spiro atoms. The molecule has 0 atom stereocenters. The van der Waals surface area contributed by atoms with Crippen molar-refractivity contribution < 1.29 is 19.3 Å². The van der Waals surface area contributed by atoms with Crippen LogP contribution in [0.1, 0.15) is 28.7 Å². The molecule has 31 heavy (non-hydrogen) atoms. The molecule has 0 radical (unpaired) electrons. The van der Waals surface area contributed by atoms with Crippen molar-refractivity contribution in [3.63, 3.8) is 0 Å². The molecule has 0 aromatic heterocycles. The fourth-order valence-electron chi connectivity index (χ4n) is 3.82. The van der Waals surface area contributed by atoms with Gasteiger partial charge in [-0.15, -0.1) is 0 Å². The van der Waals surface area contributed by atoms with Crippen molar-refractivity contribution in [2.45, 2.75) is 18.4 Å².